The first-order valence-corrected chi connectivity index (χ1v) is 5.92. The molecular weight excluding hydrogens is 288 g/mol. The zero-order chi connectivity index (χ0) is 15.5. The fraction of sp³-hybridized carbons (Fsp3) is 0.143. The Morgan fingerprint density at radius 2 is 1.81 bits per heavy atom. The number of nitrogens with one attached hydrogen (secondary N) is 1. The molecule has 0 radical (unpaired) electrons. The molecule has 2 aromatic rings. The number of carbonyl (C=O) groups is 1. The van der Waals surface area contributed by atoms with Crippen LogP contribution in [0.2, 0.25) is 0 Å². The van der Waals surface area contributed by atoms with Gasteiger partial charge in [0.15, 0.2) is 5.82 Å². The van der Waals surface area contributed by atoms with Crippen LogP contribution < -0.4 is 5.32 Å². The normalized spacial score (nSPS) is 11.2. The highest BCUT2D eigenvalue weighted by Crippen LogP contribution is 2.29. The molecule has 110 valence electrons. The van der Waals surface area contributed by atoms with Gasteiger partial charge in [0.2, 0.25) is 0 Å². The number of pyridine rings is 1. The van der Waals surface area contributed by atoms with E-state index in [4.69, 9.17) is 0 Å². The molecule has 0 fully saturated rings. The summed E-state index contributed by atoms with van der Waals surface area (Å²) in [6.07, 6.45) is -2.22. The molecule has 7 heteroatoms. The Labute approximate surface area is 117 Å². The van der Waals surface area contributed by atoms with E-state index in [0.29, 0.717) is 5.56 Å². The maximum absolute atomic E-state index is 13.3. The minimum Gasteiger partial charge on any atom is -0.348 e. The van der Waals surface area contributed by atoms with Crippen LogP contribution in [0.15, 0.2) is 42.7 Å². The third-order valence-corrected chi connectivity index (χ3v) is 2.75. The van der Waals surface area contributed by atoms with E-state index in [1.165, 1.54) is 24.4 Å². The van der Waals surface area contributed by atoms with Crippen LogP contribution in [0.4, 0.5) is 17.6 Å². The van der Waals surface area contributed by atoms with Crippen molar-refractivity contribution in [3.05, 3.63) is 65.2 Å². The second kappa shape index (κ2) is 5.90. The SMILES string of the molecule is O=C(NCc1ccc(C(F)(F)F)cc1)c1ccncc1F. The Morgan fingerprint density at radius 3 is 2.38 bits per heavy atom. The van der Waals surface area contributed by atoms with E-state index >= 15 is 0 Å². The maximum atomic E-state index is 13.3. The molecule has 0 saturated carbocycles. The van der Waals surface area contributed by atoms with E-state index in [-0.39, 0.29) is 12.1 Å². The van der Waals surface area contributed by atoms with E-state index in [1.807, 2.05) is 0 Å². The van der Waals surface area contributed by atoms with Gasteiger partial charge in [0, 0.05) is 12.7 Å². The number of amides is 1. The van der Waals surface area contributed by atoms with Crippen molar-refractivity contribution < 1.29 is 22.4 Å². The Hall–Kier alpha value is -2.44. The lowest BCUT2D eigenvalue weighted by molar-refractivity contribution is -0.137. The lowest BCUT2D eigenvalue weighted by Gasteiger charge is -2.09. The van der Waals surface area contributed by atoms with Gasteiger partial charge in [-0.05, 0) is 23.8 Å². The number of alkyl halides is 3. The molecule has 0 aliphatic rings. The maximum Gasteiger partial charge on any atom is 0.416 e. The average Bonchev–Trinajstić information content (AvgIpc) is 2.45. The van der Waals surface area contributed by atoms with E-state index < -0.39 is 23.5 Å². The molecule has 1 aromatic heterocycles. The van der Waals surface area contributed by atoms with Crippen molar-refractivity contribution in [1.82, 2.24) is 10.3 Å². The third kappa shape index (κ3) is 3.77. The van der Waals surface area contributed by atoms with Gasteiger partial charge in [-0.15, -0.1) is 0 Å². The lowest BCUT2D eigenvalue weighted by Crippen LogP contribution is -2.24. The summed E-state index contributed by atoms with van der Waals surface area (Å²) in [5.74, 6) is -1.42. The van der Waals surface area contributed by atoms with Gasteiger partial charge < -0.3 is 5.32 Å². The summed E-state index contributed by atoms with van der Waals surface area (Å²) in [7, 11) is 0. The smallest absolute Gasteiger partial charge is 0.348 e. The van der Waals surface area contributed by atoms with E-state index in [0.717, 1.165) is 18.3 Å². The molecule has 3 nitrogen and oxygen atoms in total. The molecule has 0 saturated heterocycles. The third-order valence-electron chi connectivity index (χ3n) is 2.75. The van der Waals surface area contributed by atoms with Crippen LogP contribution in [0.25, 0.3) is 0 Å². The monoisotopic (exact) mass is 298 g/mol. The highest BCUT2D eigenvalue weighted by molar-refractivity contribution is 5.94. The Balaban J connectivity index is 2.00. The molecule has 1 N–H and O–H groups in total. The van der Waals surface area contributed by atoms with E-state index in [1.54, 1.807) is 0 Å². The Morgan fingerprint density at radius 1 is 1.14 bits per heavy atom. The second-order valence-electron chi connectivity index (χ2n) is 4.23. The molecule has 1 aromatic carbocycles. The summed E-state index contributed by atoms with van der Waals surface area (Å²) in [5.41, 5.74) is -0.458. The fourth-order valence-electron chi connectivity index (χ4n) is 1.65. The van der Waals surface area contributed by atoms with Gasteiger partial charge in [-0.2, -0.15) is 13.2 Å². The van der Waals surface area contributed by atoms with Gasteiger partial charge in [-0.3, -0.25) is 9.78 Å². The van der Waals surface area contributed by atoms with Crippen molar-refractivity contribution in [2.75, 3.05) is 0 Å². The molecule has 0 aliphatic heterocycles. The predicted octanol–water partition coefficient (Wildman–Crippen LogP) is 3.17. The van der Waals surface area contributed by atoms with Crippen LogP contribution in [0, 0.1) is 5.82 Å². The number of hydrogen-bond acceptors (Lipinski definition) is 2. The number of aromatic nitrogens is 1. The molecule has 0 unspecified atom stereocenters. The number of hydrogen-bond donors (Lipinski definition) is 1. The number of carbonyl (C=O) groups excluding carboxylic acids is 1. The zero-order valence-corrected chi connectivity index (χ0v) is 10.6. The van der Waals surface area contributed by atoms with Crippen molar-refractivity contribution >= 4 is 5.91 Å². The summed E-state index contributed by atoms with van der Waals surface area (Å²) in [5, 5.41) is 2.43. The number of halogens is 4. The van der Waals surface area contributed by atoms with Gasteiger partial charge >= 0.3 is 6.18 Å². The Kier molecular flexibility index (Phi) is 4.21. The van der Waals surface area contributed by atoms with Crippen molar-refractivity contribution in [1.29, 1.82) is 0 Å². The molecule has 2 rings (SSSR count). The summed E-state index contributed by atoms with van der Waals surface area (Å²) < 4.78 is 50.4. The van der Waals surface area contributed by atoms with E-state index in [9.17, 15) is 22.4 Å². The van der Waals surface area contributed by atoms with Gasteiger partial charge in [-0.1, -0.05) is 12.1 Å². The highest BCUT2D eigenvalue weighted by Gasteiger charge is 2.29. The number of rotatable bonds is 3. The zero-order valence-electron chi connectivity index (χ0n) is 10.6. The molecule has 1 amide bonds. The van der Waals surface area contributed by atoms with Crippen LogP contribution in [-0.4, -0.2) is 10.9 Å². The number of benzene rings is 1. The van der Waals surface area contributed by atoms with Gasteiger partial charge in [0.1, 0.15) is 0 Å². The van der Waals surface area contributed by atoms with Crippen LogP contribution in [0.1, 0.15) is 21.5 Å². The molecule has 0 bridgehead atoms. The first-order chi connectivity index (χ1) is 9.88. The van der Waals surface area contributed by atoms with Crippen molar-refractivity contribution in [2.45, 2.75) is 12.7 Å². The lowest BCUT2D eigenvalue weighted by atomic mass is 10.1. The van der Waals surface area contributed by atoms with Crippen LogP contribution >= 0.6 is 0 Å². The van der Waals surface area contributed by atoms with Crippen LogP contribution in [0.5, 0.6) is 0 Å². The summed E-state index contributed by atoms with van der Waals surface area (Å²) in [6, 6.07) is 5.58. The first-order valence-electron chi connectivity index (χ1n) is 5.92. The predicted molar refractivity (Wildman–Crippen MR) is 66.8 cm³/mol. The van der Waals surface area contributed by atoms with Crippen LogP contribution in [0.3, 0.4) is 0 Å². The molecule has 0 atom stereocenters. The van der Waals surface area contributed by atoms with Crippen LogP contribution in [-0.2, 0) is 12.7 Å². The topological polar surface area (TPSA) is 42.0 Å². The fourth-order valence-corrected chi connectivity index (χ4v) is 1.65. The van der Waals surface area contributed by atoms with Crippen molar-refractivity contribution in [3.8, 4) is 0 Å². The van der Waals surface area contributed by atoms with Gasteiger partial charge in [-0.25, -0.2) is 4.39 Å². The highest BCUT2D eigenvalue weighted by atomic mass is 19.4. The number of nitrogens with zero attached hydrogens (tertiary/aromatic N) is 1. The van der Waals surface area contributed by atoms with Gasteiger partial charge in [0.05, 0.1) is 17.3 Å². The Bertz CT molecular complexity index is 638. The largest absolute Gasteiger partial charge is 0.416 e. The van der Waals surface area contributed by atoms with Crippen molar-refractivity contribution in [3.63, 3.8) is 0 Å². The molecule has 21 heavy (non-hydrogen) atoms. The first kappa shape index (κ1) is 15.0. The quantitative estimate of drug-likeness (QED) is 0.884. The summed E-state index contributed by atoms with van der Waals surface area (Å²) in [6.45, 7) is -0.00126. The van der Waals surface area contributed by atoms with Gasteiger partial charge in [0.25, 0.3) is 5.91 Å². The molecular formula is C14H10F4N2O. The van der Waals surface area contributed by atoms with E-state index in [2.05, 4.69) is 10.3 Å². The summed E-state index contributed by atoms with van der Waals surface area (Å²) >= 11 is 0. The standard InChI is InChI=1S/C14H10F4N2O/c15-12-8-19-6-5-11(12)13(21)20-7-9-1-3-10(4-2-9)14(16,17)18/h1-6,8H,7H2,(H,20,21). The van der Waals surface area contributed by atoms with Crippen molar-refractivity contribution in [2.24, 2.45) is 0 Å². The molecule has 0 spiro atoms. The second-order valence-corrected chi connectivity index (χ2v) is 4.23. The molecule has 0 aliphatic carbocycles. The minimum absolute atomic E-state index is 0.00126. The molecule has 1 heterocycles. The average molecular weight is 298 g/mol. The minimum atomic E-state index is -4.40. The summed E-state index contributed by atoms with van der Waals surface area (Å²) in [4.78, 5) is 15.2.